The Morgan fingerprint density at radius 1 is 1.30 bits per heavy atom. The Balaban J connectivity index is 1.62. The van der Waals surface area contributed by atoms with Crippen LogP contribution in [0.25, 0.3) is 0 Å². The highest BCUT2D eigenvalue weighted by Gasteiger charge is 2.59. The largest absolute Gasteiger partial charge is 0.477 e. The van der Waals surface area contributed by atoms with Gasteiger partial charge in [-0.3, -0.25) is 9.59 Å². The number of carboxylic acids is 1. The number of aliphatic carboxylic acids is 1. The number of aliphatic hydroxyl groups excluding tert-OH is 1. The second-order valence-electron chi connectivity index (χ2n) is 8.18. The maximum absolute atomic E-state index is 12.4. The number of hydrogen-bond acceptors (Lipinski definition) is 5. The van der Waals surface area contributed by atoms with Crippen LogP contribution in [0.3, 0.4) is 0 Å². The number of Topliss-reactive ketones (excluding diaryl/α,β-unsaturated/α-hetero) is 1. The zero-order chi connectivity index (χ0) is 22.2. The van der Waals surface area contributed by atoms with Gasteiger partial charge in [-0.1, -0.05) is 30.7 Å². The number of hydrogen-bond donors (Lipinski definition) is 2. The summed E-state index contributed by atoms with van der Waals surface area (Å²) in [5.74, 6) is -2.20. The van der Waals surface area contributed by atoms with E-state index in [4.69, 9.17) is 11.6 Å². The molecule has 1 amide bonds. The van der Waals surface area contributed by atoms with E-state index in [-0.39, 0.29) is 29.3 Å². The number of carboxylic acid groups (broad SMARTS) is 1. The van der Waals surface area contributed by atoms with Gasteiger partial charge in [-0.15, -0.1) is 0 Å². The number of β-lactam (4-membered cyclic amide) rings is 1. The molecule has 1 aromatic carbocycles. The summed E-state index contributed by atoms with van der Waals surface area (Å²) in [6.07, 6.45) is 0.128. The van der Waals surface area contributed by atoms with Crippen molar-refractivity contribution in [3.05, 3.63) is 46.1 Å². The first kappa shape index (κ1) is 22.5. The van der Waals surface area contributed by atoms with Gasteiger partial charge in [0.2, 0.25) is 5.91 Å². The zero-order valence-electron chi connectivity index (χ0n) is 17.3. The average Bonchev–Trinajstić information content (AvgIpc) is 2.90. The van der Waals surface area contributed by atoms with Crippen LogP contribution in [0.1, 0.15) is 37.0 Å². The third-order valence-corrected chi connectivity index (χ3v) is 6.41. The Kier molecular flexibility index (Phi) is 6.65. The molecule has 0 unspecified atom stereocenters. The van der Waals surface area contributed by atoms with Crippen LogP contribution in [-0.2, 0) is 9.59 Å². The van der Waals surface area contributed by atoms with Crippen molar-refractivity contribution in [1.29, 1.82) is 0 Å². The summed E-state index contributed by atoms with van der Waals surface area (Å²) in [6, 6.07) is 6.64. The summed E-state index contributed by atoms with van der Waals surface area (Å²) in [5.41, 5.74) is 1.23. The monoisotopic (exact) mass is 434 g/mol. The van der Waals surface area contributed by atoms with E-state index in [0.717, 1.165) is 0 Å². The van der Waals surface area contributed by atoms with Crippen LogP contribution >= 0.6 is 11.6 Å². The molecule has 2 N–H and O–H groups in total. The highest BCUT2D eigenvalue weighted by molar-refractivity contribution is 6.33. The second-order valence-corrected chi connectivity index (χ2v) is 8.58. The first-order valence-electron chi connectivity index (χ1n) is 10.1. The van der Waals surface area contributed by atoms with Crippen LogP contribution in [0.4, 0.5) is 0 Å². The zero-order valence-corrected chi connectivity index (χ0v) is 18.1. The molecule has 0 radical (unpaired) electrons. The Morgan fingerprint density at radius 2 is 1.97 bits per heavy atom. The Morgan fingerprint density at radius 3 is 2.57 bits per heavy atom. The maximum atomic E-state index is 12.4. The summed E-state index contributed by atoms with van der Waals surface area (Å²) >= 11 is 6.07. The third-order valence-electron chi connectivity index (χ3n) is 6.08. The van der Waals surface area contributed by atoms with Gasteiger partial charge in [0.15, 0.2) is 5.78 Å². The molecule has 30 heavy (non-hydrogen) atoms. The third kappa shape index (κ3) is 4.02. The van der Waals surface area contributed by atoms with Crippen molar-refractivity contribution in [2.24, 2.45) is 11.8 Å². The van der Waals surface area contributed by atoms with Crippen molar-refractivity contribution in [1.82, 2.24) is 9.80 Å². The molecule has 7 nitrogen and oxygen atoms in total. The van der Waals surface area contributed by atoms with Crippen molar-refractivity contribution < 1.29 is 24.6 Å². The van der Waals surface area contributed by atoms with Gasteiger partial charge in [0.05, 0.1) is 23.1 Å². The Labute approximate surface area is 180 Å². The summed E-state index contributed by atoms with van der Waals surface area (Å²) in [4.78, 5) is 39.9. The minimum Gasteiger partial charge on any atom is -0.477 e. The molecule has 3 rings (SSSR count). The fourth-order valence-electron chi connectivity index (χ4n) is 4.55. The molecule has 2 aliphatic heterocycles. The number of aliphatic hydroxyl groups is 1. The molecule has 0 aliphatic carbocycles. The number of benzene rings is 1. The van der Waals surface area contributed by atoms with Crippen molar-refractivity contribution in [2.45, 2.75) is 38.8 Å². The summed E-state index contributed by atoms with van der Waals surface area (Å²) in [7, 11) is 1.86. The van der Waals surface area contributed by atoms with Crippen LogP contribution < -0.4 is 0 Å². The van der Waals surface area contributed by atoms with E-state index in [1.54, 1.807) is 31.2 Å². The predicted molar refractivity (Wildman–Crippen MR) is 112 cm³/mol. The molecule has 1 saturated heterocycles. The lowest BCUT2D eigenvalue weighted by Crippen LogP contribution is -2.63. The smallest absolute Gasteiger partial charge is 0.352 e. The minimum atomic E-state index is -1.13. The van der Waals surface area contributed by atoms with E-state index in [2.05, 4.69) is 0 Å². The molecule has 1 fully saturated rings. The van der Waals surface area contributed by atoms with E-state index in [1.165, 1.54) is 4.90 Å². The summed E-state index contributed by atoms with van der Waals surface area (Å²) < 4.78 is 0. The van der Waals surface area contributed by atoms with Gasteiger partial charge in [-0.2, -0.15) is 0 Å². The highest BCUT2D eigenvalue weighted by Crippen LogP contribution is 2.47. The fraction of sp³-hybridized carbons (Fsp3) is 0.500. The van der Waals surface area contributed by atoms with Crippen molar-refractivity contribution in [3.8, 4) is 0 Å². The van der Waals surface area contributed by atoms with Gasteiger partial charge >= 0.3 is 5.97 Å². The molecular weight excluding hydrogens is 408 g/mol. The number of carbonyl (C=O) groups excluding carboxylic acids is 2. The van der Waals surface area contributed by atoms with E-state index in [9.17, 15) is 24.6 Å². The standard InChI is InChI=1S/C22H27ClN2O5/c1-12-15(20(22(29)30)25-19(12)18(13(2)26)21(25)28)11-24(3)10-6-9-17(27)14-7-4-5-8-16(14)23/h4-5,7-8,12-13,18-19,26H,6,9-11H2,1-3H3,(H,29,30)/t12-,13+,18+,19+/m0/s1. The minimum absolute atomic E-state index is 0.0248. The van der Waals surface area contributed by atoms with Gasteiger partial charge in [-0.25, -0.2) is 4.79 Å². The molecule has 0 spiro atoms. The molecule has 162 valence electrons. The number of fused-ring (bicyclic) bond motifs is 1. The lowest BCUT2D eigenvalue weighted by atomic mass is 9.77. The van der Waals surface area contributed by atoms with Crippen LogP contribution in [0.2, 0.25) is 5.02 Å². The molecule has 0 saturated carbocycles. The molecule has 2 heterocycles. The fourth-order valence-corrected chi connectivity index (χ4v) is 4.80. The maximum Gasteiger partial charge on any atom is 0.352 e. The molecule has 1 aromatic rings. The van der Waals surface area contributed by atoms with Gasteiger partial charge < -0.3 is 20.0 Å². The highest BCUT2D eigenvalue weighted by atomic mass is 35.5. The normalized spacial score (nSPS) is 24.1. The number of likely N-dealkylation sites (N-methyl/N-ethyl adjacent to an activating group) is 1. The van der Waals surface area contributed by atoms with Crippen LogP contribution in [-0.4, -0.2) is 70.0 Å². The first-order valence-corrected chi connectivity index (χ1v) is 10.5. The van der Waals surface area contributed by atoms with Crippen LogP contribution in [0.15, 0.2) is 35.5 Å². The number of ketones is 1. The van der Waals surface area contributed by atoms with Crippen molar-refractivity contribution in [3.63, 3.8) is 0 Å². The number of amides is 1. The quantitative estimate of drug-likeness (QED) is 0.457. The SMILES string of the molecule is C[C@@H](O)[C@H]1C(=O)N2C(C(=O)O)=C(CN(C)CCCC(=O)c3ccccc3Cl)[C@H](C)[C@H]12. The van der Waals surface area contributed by atoms with Gasteiger partial charge in [0.25, 0.3) is 0 Å². The molecule has 0 bridgehead atoms. The van der Waals surface area contributed by atoms with Gasteiger partial charge in [0, 0.05) is 24.4 Å². The molecule has 2 aliphatic rings. The first-order chi connectivity index (χ1) is 14.1. The Hall–Kier alpha value is -2.22. The summed E-state index contributed by atoms with van der Waals surface area (Å²) in [5, 5.41) is 20.0. The number of halogens is 1. The molecular formula is C22H27ClN2O5. The number of rotatable bonds is 9. The predicted octanol–water partition coefficient (Wildman–Crippen LogP) is 2.43. The van der Waals surface area contributed by atoms with E-state index in [1.807, 2.05) is 18.9 Å². The van der Waals surface area contributed by atoms with Crippen LogP contribution in [0.5, 0.6) is 0 Å². The molecule has 8 heteroatoms. The van der Waals surface area contributed by atoms with E-state index >= 15 is 0 Å². The molecule has 0 aromatic heterocycles. The number of carbonyl (C=O) groups is 3. The average molecular weight is 435 g/mol. The lowest BCUT2D eigenvalue weighted by Gasteiger charge is -2.46. The van der Waals surface area contributed by atoms with Gasteiger partial charge in [-0.05, 0) is 44.6 Å². The van der Waals surface area contributed by atoms with E-state index in [0.29, 0.717) is 42.1 Å². The number of nitrogens with zero attached hydrogens (tertiary/aromatic N) is 2. The van der Waals surface area contributed by atoms with E-state index < -0.39 is 18.0 Å². The Bertz CT molecular complexity index is 897. The molecule has 4 atom stereocenters. The second kappa shape index (κ2) is 8.88. The van der Waals surface area contributed by atoms with Gasteiger partial charge in [0.1, 0.15) is 5.70 Å². The van der Waals surface area contributed by atoms with Crippen molar-refractivity contribution >= 4 is 29.3 Å². The summed E-state index contributed by atoms with van der Waals surface area (Å²) in [6.45, 7) is 4.44. The topological polar surface area (TPSA) is 98.2 Å². The lowest BCUT2D eigenvalue weighted by molar-refractivity contribution is -0.163. The van der Waals surface area contributed by atoms with Crippen LogP contribution in [0, 0.1) is 11.8 Å². The van der Waals surface area contributed by atoms with Crippen molar-refractivity contribution in [2.75, 3.05) is 20.1 Å².